The van der Waals surface area contributed by atoms with Gasteiger partial charge in [-0.2, -0.15) is 0 Å². The Kier molecular flexibility index (Phi) is 20.5. The molecular formula is C79H88N7+. The summed E-state index contributed by atoms with van der Waals surface area (Å²) in [6.45, 7) is 11.7. The van der Waals surface area contributed by atoms with E-state index >= 15 is 0 Å². The molecule has 0 unspecified atom stereocenters. The van der Waals surface area contributed by atoms with Gasteiger partial charge in [0, 0.05) is 72.7 Å². The maximum atomic E-state index is 5.54. The number of aryl methyl sites for hydroxylation is 4. The lowest BCUT2D eigenvalue weighted by atomic mass is 9.97. The zero-order chi connectivity index (χ0) is 58.9. The molecule has 1 aromatic heterocycles. The summed E-state index contributed by atoms with van der Waals surface area (Å²) in [5, 5.41) is 0. The van der Waals surface area contributed by atoms with Gasteiger partial charge in [0.05, 0.1) is 51.2 Å². The van der Waals surface area contributed by atoms with Crippen LogP contribution in [-0.4, -0.2) is 45.7 Å². The third-order valence-corrected chi connectivity index (χ3v) is 17.5. The average molecular weight is 1140 g/mol. The predicted molar refractivity (Wildman–Crippen MR) is 365 cm³/mol. The van der Waals surface area contributed by atoms with E-state index in [1.807, 2.05) is 0 Å². The minimum atomic E-state index is 0.863. The van der Waals surface area contributed by atoms with Crippen molar-refractivity contribution in [3.63, 3.8) is 0 Å². The van der Waals surface area contributed by atoms with Gasteiger partial charge in [0.1, 0.15) is 6.54 Å². The highest BCUT2D eigenvalue weighted by Crippen LogP contribution is 2.39. The molecule has 0 atom stereocenters. The van der Waals surface area contributed by atoms with Crippen LogP contribution in [0.1, 0.15) is 168 Å². The topological polar surface area (TPSA) is 59.8 Å². The van der Waals surface area contributed by atoms with Crippen molar-refractivity contribution in [2.75, 3.05) is 13.1 Å². The molecule has 7 heteroatoms. The van der Waals surface area contributed by atoms with E-state index in [4.69, 9.17) is 20.0 Å². The highest BCUT2D eigenvalue weighted by molar-refractivity contribution is 6.39. The van der Waals surface area contributed by atoms with Crippen molar-refractivity contribution in [1.82, 2.24) is 9.80 Å². The number of fused-ring (bicyclic) bond motifs is 4. The number of allylic oxidation sites excluding steroid dienone is 18. The van der Waals surface area contributed by atoms with Crippen LogP contribution in [0.25, 0.3) is 22.3 Å². The molecule has 0 N–H and O–H groups in total. The summed E-state index contributed by atoms with van der Waals surface area (Å²) in [6, 6.07) is 30.5. The Hall–Kier alpha value is -8.29. The molecule has 0 saturated carbocycles. The molecular weight excluding hydrogens is 1050 g/mol. The lowest BCUT2D eigenvalue weighted by Gasteiger charge is -2.22. The Morgan fingerprint density at radius 3 is 0.988 bits per heavy atom. The molecule has 8 heterocycles. The second kappa shape index (κ2) is 29.7. The van der Waals surface area contributed by atoms with Gasteiger partial charge in [0.2, 0.25) is 0 Å². The molecule has 3 aromatic carbocycles. The van der Waals surface area contributed by atoms with Crippen molar-refractivity contribution >= 4 is 45.1 Å². The normalized spacial score (nSPS) is 16.8. The van der Waals surface area contributed by atoms with E-state index in [-0.39, 0.29) is 0 Å². The SMILES string of the molecule is CCCCCCCCCCCCCCCCCCN1C=CC(=C2C=CN(CCCCC[n+]3cccc(C4=C5C=CC(=N5)C(c5ccc(C)cc5)=C5C=CC(=N5)C(c5ccc(C)cc5)=C5C=CC(=N5)C(c5ccc(C)cc5)=C5C=CC4=N5)c3)C=C2)C=C1. The number of benzene rings is 3. The quantitative estimate of drug-likeness (QED) is 0.0441. The van der Waals surface area contributed by atoms with E-state index < -0.39 is 0 Å². The molecule has 0 amide bonds. The number of pyridine rings is 1. The molecule has 0 aliphatic carbocycles. The summed E-state index contributed by atoms with van der Waals surface area (Å²) in [7, 11) is 0. The second-order valence-electron chi connectivity index (χ2n) is 24.3. The van der Waals surface area contributed by atoms with Crippen molar-refractivity contribution in [2.24, 2.45) is 20.0 Å². The lowest BCUT2D eigenvalue weighted by molar-refractivity contribution is -0.697. The van der Waals surface area contributed by atoms with Crippen LogP contribution in [0.5, 0.6) is 0 Å². The Labute approximate surface area is 514 Å². The molecule has 8 bridgehead atoms. The lowest BCUT2D eigenvalue weighted by Crippen LogP contribution is -2.33. The summed E-state index contributed by atoms with van der Waals surface area (Å²) in [5.41, 5.74) is 21.2. The Bertz CT molecular complexity index is 3580. The third-order valence-electron chi connectivity index (χ3n) is 17.5. The summed E-state index contributed by atoms with van der Waals surface area (Å²) in [5.74, 6) is 0. The van der Waals surface area contributed by atoms with E-state index in [1.54, 1.807) is 0 Å². The van der Waals surface area contributed by atoms with Gasteiger partial charge in [-0.05, 0) is 147 Å². The van der Waals surface area contributed by atoms with Crippen LogP contribution in [-0.2, 0) is 6.54 Å². The Morgan fingerprint density at radius 1 is 0.326 bits per heavy atom. The maximum absolute atomic E-state index is 5.54. The van der Waals surface area contributed by atoms with E-state index in [1.165, 1.54) is 131 Å². The van der Waals surface area contributed by atoms with Crippen LogP contribution in [0.2, 0.25) is 0 Å². The molecule has 0 radical (unpaired) electrons. The molecule has 0 spiro atoms. The highest BCUT2D eigenvalue weighted by atomic mass is 15.1. The van der Waals surface area contributed by atoms with Crippen LogP contribution in [0.4, 0.5) is 0 Å². The molecule has 0 saturated heterocycles. The van der Waals surface area contributed by atoms with Crippen LogP contribution < -0.4 is 4.57 Å². The molecule has 86 heavy (non-hydrogen) atoms. The van der Waals surface area contributed by atoms with Crippen molar-refractivity contribution in [3.8, 4) is 0 Å². The van der Waals surface area contributed by atoms with Crippen LogP contribution in [0.15, 0.2) is 249 Å². The minimum Gasteiger partial charge on any atom is -0.354 e. The molecule has 7 aliphatic heterocycles. The van der Waals surface area contributed by atoms with Gasteiger partial charge >= 0.3 is 0 Å². The van der Waals surface area contributed by atoms with Crippen molar-refractivity contribution < 1.29 is 4.57 Å². The number of hydrogen-bond donors (Lipinski definition) is 0. The highest BCUT2D eigenvalue weighted by Gasteiger charge is 2.28. The zero-order valence-electron chi connectivity index (χ0n) is 51.7. The monoisotopic (exact) mass is 1130 g/mol. The van der Waals surface area contributed by atoms with E-state index in [0.717, 1.165) is 129 Å². The van der Waals surface area contributed by atoms with Gasteiger partial charge in [-0.25, -0.2) is 24.5 Å². The summed E-state index contributed by atoms with van der Waals surface area (Å²) in [4.78, 5) is 26.7. The predicted octanol–water partition coefficient (Wildman–Crippen LogP) is 19.3. The number of hydrogen-bond acceptors (Lipinski definition) is 6. The zero-order valence-corrected chi connectivity index (χ0v) is 51.7. The van der Waals surface area contributed by atoms with Crippen LogP contribution >= 0.6 is 0 Å². The number of nitrogens with zero attached hydrogens (tertiary/aromatic N) is 7. The molecule has 7 aliphatic rings. The molecule has 0 fully saturated rings. The standard InChI is InChI=1S/C79H88N7/c1-5-6-7-8-9-10-11-12-13-14-15-16-17-18-19-21-50-84-54-46-62(47-55-84)63-48-56-85(57-49-63)51-22-20-23-52-86-53-24-25-67(58-86)79-74-44-42-72(82-74)77(65-34-28-60(3)29-35-65)70-40-38-68(80-70)76(64-32-26-59(2)27-33-64)69-39-41-71(81-69)78(73-43-45-75(79)83-73)66-36-30-61(4)31-37-66/h24-49,53-58H,5-23,50-52H2,1-4H3/q+1. The first kappa shape index (κ1) is 59.4. The molecule has 4 aromatic rings. The molecule has 438 valence electrons. The number of rotatable bonds is 27. The molecule has 7 nitrogen and oxygen atoms in total. The second-order valence-corrected chi connectivity index (χ2v) is 24.3. The Morgan fingerprint density at radius 2 is 0.640 bits per heavy atom. The molecule has 11 rings (SSSR count). The Balaban J connectivity index is 0.735. The fraction of sp³-hybridized carbons (Fsp3) is 0.329. The van der Waals surface area contributed by atoms with Crippen molar-refractivity contribution in [2.45, 2.75) is 156 Å². The smallest absolute Gasteiger partial charge is 0.176 e. The van der Waals surface area contributed by atoms with Gasteiger partial charge in [0.25, 0.3) is 0 Å². The largest absolute Gasteiger partial charge is 0.354 e. The van der Waals surface area contributed by atoms with Crippen LogP contribution in [0.3, 0.4) is 0 Å². The fourth-order valence-electron chi connectivity index (χ4n) is 12.4. The maximum Gasteiger partial charge on any atom is 0.176 e. The summed E-state index contributed by atoms with van der Waals surface area (Å²) >= 11 is 0. The first-order chi connectivity index (χ1) is 42.3. The summed E-state index contributed by atoms with van der Waals surface area (Å²) in [6.07, 6.45) is 65.5. The van der Waals surface area contributed by atoms with Gasteiger partial charge in [-0.15, -0.1) is 0 Å². The average Bonchev–Trinajstić information content (AvgIpc) is 4.58. The van der Waals surface area contributed by atoms with Gasteiger partial charge in [0.15, 0.2) is 12.4 Å². The fourth-order valence-corrected chi connectivity index (χ4v) is 12.4. The number of aromatic nitrogens is 1. The number of aliphatic imine (C=N–C) groups is 4. The number of unbranched alkanes of at least 4 members (excludes halogenated alkanes) is 17. The van der Waals surface area contributed by atoms with Crippen LogP contribution in [0, 0.1) is 20.8 Å². The third kappa shape index (κ3) is 15.4. The van der Waals surface area contributed by atoms with Gasteiger partial charge < -0.3 is 9.80 Å². The summed E-state index contributed by atoms with van der Waals surface area (Å²) < 4.78 is 2.34. The van der Waals surface area contributed by atoms with Crippen molar-refractivity contribution in [3.05, 3.63) is 268 Å². The van der Waals surface area contributed by atoms with E-state index in [2.05, 4.69) is 237 Å². The minimum absolute atomic E-state index is 0.863. The van der Waals surface area contributed by atoms with Crippen molar-refractivity contribution in [1.29, 1.82) is 0 Å². The first-order valence-corrected chi connectivity index (χ1v) is 32.6. The van der Waals surface area contributed by atoms with Gasteiger partial charge in [-0.1, -0.05) is 193 Å². The van der Waals surface area contributed by atoms with E-state index in [0.29, 0.717) is 0 Å². The first-order valence-electron chi connectivity index (χ1n) is 32.6. The van der Waals surface area contributed by atoms with E-state index in [9.17, 15) is 0 Å². The van der Waals surface area contributed by atoms with Gasteiger partial charge in [-0.3, -0.25) is 0 Å².